The first kappa shape index (κ1) is 10.1. The van der Waals surface area contributed by atoms with E-state index >= 15 is 0 Å². The molecule has 0 amide bonds. The third-order valence-corrected chi connectivity index (χ3v) is 2.54. The third-order valence-electron chi connectivity index (χ3n) is 1.42. The largest absolute Gasteiger partial charge is 0.744 e. The molecule has 13 heavy (non-hydrogen) atoms. The molecule has 2 N–H and O–H groups in total. The second-order valence-electron chi connectivity index (χ2n) is 2.31. The number of rotatable bonds is 2. The van der Waals surface area contributed by atoms with Crippen LogP contribution in [0.4, 0.5) is 0 Å². The maximum Gasteiger partial charge on any atom is 0.125 e. The Kier molecular flexibility index (Phi) is 2.65. The zero-order chi connectivity index (χ0) is 10.1. The van der Waals surface area contributed by atoms with Crippen LogP contribution in [0.3, 0.4) is 0 Å². The Morgan fingerprint density at radius 2 is 1.92 bits per heavy atom. The molecule has 0 unspecified atom stereocenters. The van der Waals surface area contributed by atoms with Gasteiger partial charge in [0.2, 0.25) is 0 Å². The summed E-state index contributed by atoms with van der Waals surface area (Å²) in [5.41, 5.74) is 5.33. The first-order valence-electron chi connectivity index (χ1n) is 3.27. The summed E-state index contributed by atoms with van der Waals surface area (Å²) in [6.07, 6.45) is 0. The second-order valence-corrected chi connectivity index (χ2v) is 4.10. The number of nitrogens with two attached hydrogens (primary N) is 1. The number of hydrogen-bond donors (Lipinski definition) is 1. The fraction of sp³-hybridized carbons (Fsp3) is 0. The minimum absolute atomic E-state index is 0.0903. The molecule has 0 fully saturated rings. The lowest BCUT2D eigenvalue weighted by atomic mass is 10.2. The predicted octanol–water partition coefficient (Wildman–Crippen LogP) is 0.225. The van der Waals surface area contributed by atoms with Crippen LogP contribution < -0.4 is 5.73 Å². The zero-order valence-corrected chi connectivity index (χ0v) is 8.06. The van der Waals surface area contributed by atoms with E-state index in [2.05, 4.69) is 12.2 Å². The van der Waals surface area contributed by atoms with Crippen LogP contribution in [0.25, 0.3) is 0 Å². The van der Waals surface area contributed by atoms with E-state index < -0.39 is 10.1 Å². The molecule has 0 saturated carbocycles. The summed E-state index contributed by atoms with van der Waals surface area (Å²) < 4.78 is 32.1. The molecule has 0 spiro atoms. The van der Waals surface area contributed by atoms with Gasteiger partial charge in [0.1, 0.15) is 15.1 Å². The lowest BCUT2D eigenvalue weighted by molar-refractivity contribution is 0.463. The van der Waals surface area contributed by atoms with Crippen molar-refractivity contribution in [2.45, 2.75) is 4.90 Å². The highest BCUT2D eigenvalue weighted by molar-refractivity contribution is 7.86. The summed E-state index contributed by atoms with van der Waals surface area (Å²) in [5, 5.41) is 0. The van der Waals surface area contributed by atoms with Gasteiger partial charge in [-0.1, -0.05) is 30.4 Å². The smallest absolute Gasteiger partial charge is 0.125 e. The fourth-order valence-corrected chi connectivity index (χ4v) is 1.82. The Balaban J connectivity index is 3.46. The molecule has 6 heteroatoms. The number of benzene rings is 1. The molecular weight excluding hydrogens is 210 g/mol. The van der Waals surface area contributed by atoms with Crippen molar-refractivity contribution in [3.8, 4) is 0 Å². The fourth-order valence-electron chi connectivity index (χ4n) is 0.888. The Hall–Kier alpha value is -0.980. The van der Waals surface area contributed by atoms with Crippen molar-refractivity contribution in [3.05, 3.63) is 29.8 Å². The van der Waals surface area contributed by atoms with Crippen molar-refractivity contribution in [3.63, 3.8) is 0 Å². The van der Waals surface area contributed by atoms with Crippen molar-refractivity contribution in [1.29, 1.82) is 0 Å². The summed E-state index contributed by atoms with van der Waals surface area (Å²) in [6.45, 7) is 0. The molecule has 0 aliphatic heterocycles. The number of thiocarbonyl (C=S) groups is 1. The average molecular weight is 216 g/mol. The normalized spacial score (nSPS) is 11.2. The van der Waals surface area contributed by atoms with E-state index in [1.807, 2.05) is 0 Å². The first-order valence-corrected chi connectivity index (χ1v) is 5.09. The topological polar surface area (TPSA) is 83.2 Å². The molecule has 0 saturated heterocycles. The molecule has 1 aromatic rings. The van der Waals surface area contributed by atoms with Gasteiger partial charge in [0.05, 0.1) is 4.90 Å². The van der Waals surface area contributed by atoms with E-state index in [4.69, 9.17) is 5.73 Å². The molecule has 0 aliphatic rings. The van der Waals surface area contributed by atoms with Gasteiger partial charge in [-0.15, -0.1) is 0 Å². The van der Waals surface area contributed by atoms with Gasteiger partial charge in [-0.2, -0.15) is 0 Å². The highest BCUT2D eigenvalue weighted by Gasteiger charge is 2.09. The Morgan fingerprint density at radius 1 is 1.38 bits per heavy atom. The van der Waals surface area contributed by atoms with E-state index in [1.54, 1.807) is 6.07 Å². The van der Waals surface area contributed by atoms with Gasteiger partial charge in [-0.3, -0.25) is 0 Å². The van der Waals surface area contributed by atoms with Crippen LogP contribution in [0.1, 0.15) is 5.56 Å². The lowest BCUT2D eigenvalue weighted by Crippen LogP contribution is -2.14. The maximum absolute atomic E-state index is 10.7. The first-order chi connectivity index (χ1) is 5.93. The zero-order valence-electron chi connectivity index (χ0n) is 6.43. The molecule has 1 rings (SSSR count). The van der Waals surface area contributed by atoms with Crippen LogP contribution in [0.15, 0.2) is 29.2 Å². The SMILES string of the molecule is NC(=S)c1ccccc1S(=O)(=O)[O-]. The van der Waals surface area contributed by atoms with Crippen molar-refractivity contribution >= 4 is 27.3 Å². The van der Waals surface area contributed by atoms with E-state index in [9.17, 15) is 13.0 Å². The van der Waals surface area contributed by atoms with Crippen LogP contribution in [-0.4, -0.2) is 18.0 Å². The van der Waals surface area contributed by atoms with E-state index in [1.165, 1.54) is 18.2 Å². The standard InChI is InChI=1S/C7H7NO3S2/c8-7(12)5-3-1-2-4-6(5)13(9,10)11/h1-4H,(H2,8,12)(H,9,10,11)/p-1. The van der Waals surface area contributed by atoms with Crippen LogP contribution >= 0.6 is 12.2 Å². The van der Waals surface area contributed by atoms with Gasteiger partial charge in [0.25, 0.3) is 0 Å². The summed E-state index contributed by atoms with van der Waals surface area (Å²) in [4.78, 5) is -0.475. The maximum atomic E-state index is 10.7. The quantitative estimate of drug-likeness (QED) is 0.565. The van der Waals surface area contributed by atoms with Gasteiger partial charge < -0.3 is 10.3 Å². The predicted molar refractivity (Wildman–Crippen MR) is 50.3 cm³/mol. The average Bonchev–Trinajstić information content (AvgIpc) is 2.03. The van der Waals surface area contributed by atoms with Gasteiger partial charge in [-0.05, 0) is 6.07 Å². The number of hydrogen-bond acceptors (Lipinski definition) is 4. The summed E-state index contributed by atoms with van der Waals surface area (Å²) in [5.74, 6) is 0. The van der Waals surface area contributed by atoms with Crippen molar-refractivity contribution in [2.24, 2.45) is 5.73 Å². The van der Waals surface area contributed by atoms with Gasteiger partial charge >= 0.3 is 0 Å². The summed E-state index contributed by atoms with van der Waals surface area (Å²) in [6, 6.07) is 5.57. The Bertz CT molecular complexity index is 439. The third kappa shape index (κ3) is 2.24. The Morgan fingerprint density at radius 3 is 2.31 bits per heavy atom. The lowest BCUT2D eigenvalue weighted by Gasteiger charge is -2.10. The van der Waals surface area contributed by atoms with E-state index in [0.29, 0.717) is 0 Å². The minimum Gasteiger partial charge on any atom is -0.744 e. The molecule has 4 nitrogen and oxygen atoms in total. The van der Waals surface area contributed by atoms with Crippen molar-refractivity contribution in [1.82, 2.24) is 0 Å². The highest BCUT2D eigenvalue weighted by atomic mass is 32.2. The molecule has 0 radical (unpaired) electrons. The molecule has 0 bridgehead atoms. The summed E-state index contributed by atoms with van der Waals surface area (Å²) >= 11 is 4.59. The van der Waals surface area contributed by atoms with E-state index in [0.717, 1.165) is 0 Å². The van der Waals surface area contributed by atoms with E-state index in [-0.39, 0.29) is 15.4 Å². The molecule has 1 aromatic carbocycles. The van der Waals surface area contributed by atoms with Crippen molar-refractivity contribution < 1.29 is 13.0 Å². The van der Waals surface area contributed by atoms with Crippen LogP contribution in [0.5, 0.6) is 0 Å². The van der Waals surface area contributed by atoms with Crippen molar-refractivity contribution in [2.75, 3.05) is 0 Å². The monoisotopic (exact) mass is 216 g/mol. The molecule has 70 valence electrons. The summed E-state index contributed by atoms with van der Waals surface area (Å²) in [7, 11) is -4.50. The Labute approximate surface area is 81.1 Å². The molecule has 0 heterocycles. The molecule has 0 atom stereocenters. The van der Waals surface area contributed by atoms with Gasteiger partial charge in [0, 0.05) is 5.56 Å². The second kappa shape index (κ2) is 3.41. The molecule has 0 aliphatic carbocycles. The molecular formula is C7H6NO3S2-. The van der Waals surface area contributed by atoms with Crippen LogP contribution in [0, 0.1) is 0 Å². The highest BCUT2D eigenvalue weighted by Crippen LogP contribution is 2.14. The van der Waals surface area contributed by atoms with Gasteiger partial charge in [-0.25, -0.2) is 8.42 Å². The van der Waals surface area contributed by atoms with Crippen LogP contribution in [-0.2, 0) is 10.1 Å². The minimum atomic E-state index is -4.50. The molecule has 0 aromatic heterocycles. The van der Waals surface area contributed by atoms with Crippen LogP contribution in [0.2, 0.25) is 0 Å². The van der Waals surface area contributed by atoms with Gasteiger partial charge in [0.15, 0.2) is 0 Å².